The molecule has 0 saturated heterocycles. The summed E-state index contributed by atoms with van der Waals surface area (Å²) in [5.74, 6) is 0.0263. The van der Waals surface area contributed by atoms with Gasteiger partial charge in [-0.2, -0.15) is 12.7 Å². The van der Waals surface area contributed by atoms with Crippen molar-refractivity contribution in [3.05, 3.63) is 23.3 Å². The van der Waals surface area contributed by atoms with Crippen molar-refractivity contribution < 1.29 is 13.2 Å². The van der Waals surface area contributed by atoms with Crippen molar-refractivity contribution in [1.82, 2.24) is 4.31 Å². The number of aryl methyl sites for hydroxylation is 1. The van der Waals surface area contributed by atoms with Crippen LogP contribution in [-0.2, 0) is 21.4 Å². The lowest BCUT2D eigenvalue weighted by Crippen LogP contribution is -2.37. The Kier molecular flexibility index (Phi) is 3.51. The third-order valence-electron chi connectivity index (χ3n) is 3.59. The lowest BCUT2D eigenvalue weighted by atomic mass is 10.1. The van der Waals surface area contributed by atoms with Gasteiger partial charge in [-0.3, -0.25) is 9.10 Å². The first kappa shape index (κ1) is 14.8. The molecule has 1 aromatic carbocycles. The Morgan fingerprint density at radius 3 is 2.35 bits per heavy atom. The molecule has 0 saturated carbocycles. The molecule has 0 unspecified atom stereocenters. The van der Waals surface area contributed by atoms with Gasteiger partial charge in [-0.25, -0.2) is 0 Å². The molecule has 0 aromatic heterocycles. The lowest BCUT2D eigenvalue weighted by Gasteiger charge is -2.24. The molecule has 1 heterocycles. The number of benzene rings is 1. The minimum atomic E-state index is -3.52. The molecule has 0 N–H and O–H groups in total. The summed E-state index contributed by atoms with van der Waals surface area (Å²) >= 11 is 0. The van der Waals surface area contributed by atoms with Crippen LogP contribution in [0.25, 0.3) is 0 Å². The average molecular weight is 297 g/mol. The van der Waals surface area contributed by atoms with Crippen LogP contribution in [0.15, 0.2) is 12.1 Å². The molecule has 0 fully saturated rings. The van der Waals surface area contributed by atoms with Gasteiger partial charge in [-0.1, -0.05) is 0 Å². The fraction of sp³-hybridized carbons (Fsp3) is 0.462. The summed E-state index contributed by atoms with van der Waals surface area (Å²) in [5.41, 5.74) is 3.22. The van der Waals surface area contributed by atoms with Crippen molar-refractivity contribution in [2.45, 2.75) is 13.3 Å². The monoisotopic (exact) mass is 297 g/mol. The zero-order valence-electron chi connectivity index (χ0n) is 12.3. The highest BCUT2D eigenvalue weighted by atomic mass is 32.2. The van der Waals surface area contributed by atoms with Crippen LogP contribution in [0.5, 0.6) is 0 Å². The molecular formula is C13H19N3O3S. The molecule has 0 bridgehead atoms. The lowest BCUT2D eigenvalue weighted by molar-refractivity contribution is -0.117. The van der Waals surface area contributed by atoms with Gasteiger partial charge in [0.15, 0.2) is 0 Å². The highest BCUT2D eigenvalue weighted by Crippen LogP contribution is 2.35. The van der Waals surface area contributed by atoms with Gasteiger partial charge in [-0.15, -0.1) is 0 Å². The summed E-state index contributed by atoms with van der Waals surface area (Å²) in [7, 11) is 2.70. The third kappa shape index (κ3) is 2.16. The molecule has 2 rings (SSSR count). The summed E-state index contributed by atoms with van der Waals surface area (Å²) in [5, 5.41) is 0. The second kappa shape index (κ2) is 4.75. The second-order valence-electron chi connectivity index (χ2n) is 5.16. The van der Waals surface area contributed by atoms with Gasteiger partial charge in [-0.05, 0) is 30.2 Å². The van der Waals surface area contributed by atoms with E-state index in [2.05, 4.69) is 0 Å². The number of fused-ring (bicyclic) bond motifs is 1. The van der Waals surface area contributed by atoms with E-state index in [0.29, 0.717) is 12.1 Å². The van der Waals surface area contributed by atoms with E-state index in [1.807, 2.05) is 6.92 Å². The fourth-order valence-electron chi connectivity index (χ4n) is 2.41. The Bertz CT molecular complexity index is 668. The number of nitrogens with zero attached hydrogens (tertiary/aromatic N) is 3. The van der Waals surface area contributed by atoms with E-state index in [4.69, 9.17) is 0 Å². The van der Waals surface area contributed by atoms with Crippen LogP contribution in [0.3, 0.4) is 0 Å². The largest absolute Gasteiger partial charge is 0.315 e. The van der Waals surface area contributed by atoms with E-state index < -0.39 is 10.2 Å². The van der Waals surface area contributed by atoms with Crippen LogP contribution in [-0.4, -0.2) is 46.8 Å². The standard InChI is InChI=1S/C13H19N3O3S/c1-9-6-11(16(5)20(18,19)14(2)3)7-10-8-12(17)15(4)13(9)10/h6-7H,8H2,1-5H3. The second-order valence-corrected chi connectivity index (χ2v) is 7.33. The predicted octanol–water partition coefficient (Wildman–Crippen LogP) is 0.757. The van der Waals surface area contributed by atoms with Gasteiger partial charge in [0.2, 0.25) is 5.91 Å². The van der Waals surface area contributed by atoms with E-state index in [-0.39, 0.29) is 5.91 Å². The van der Waals surface area contributed by atoms with Crippen LogP contribution in [0, 0.1) is 6.92 Å². The van der Waals surface area contributed by atoms with Crippen LogP contribution >= 0.6 is 0 Å². The Balaban J connectivity index is 2.50. The SMILES string of the molecule is Cc1cc(N(C)S(=O)(=O)N(C)C)cc2c1N(C)C(=O)C2. The van der Waals surface area contributed by atoms with Crippen molar-refractivity contribution >= 4 is 27.5 Å². The minimum Gasteiger partial charge on any atom is -0.315 e. The van der Waals surface area contributed by atoms with Gasteiger partial charge < -0.3 is 4.90 Å². The molecule has 6 nitrogen and oxygen atoms in total. The molecule has 1 aliphatic rings. The Morgan fingerprint density at radius 1 is 1.20 bits per heavy atom. The maximum absolute atomic E-state index is 12.1. The Hall–Kier alpha value is -1.60. The summed E-state index contributed by atoms with van der Waals surface area (Å²) in [6.45, 7) is 1.88. The highest BCUT2D eigenvalue weighted by molar-refractivity contribution is 7.90. The van der Waals surface area contributed by atoms with Crippen molar-refractivity contribution in [2.24, 2.45) is 0 Å². The quantitative estimate of drug-likeness (QED) is 0.827. The van der Waals surface area contributed by atoms with E-state index >= 15 is 0 Å². The number of rotatable bonds is 3. The van der Waals surface area contributed by atoms with Gasteiger partial charge in [0.25, 0.3) is 0 Å². The van der Waals surface area contributed by atoms with E-state index in [0.717, 1.165) is 21.1 Å². The molecule has 20 heavy (non-hydrogen) atoms. The summed E-state index contributed by atoms with van der Waals surface area (Å²) in [6.07, 6.45) is 0.316. The molecule has 110 valence electrons. The first-order valence-corrected chi connectivity index (χ1v) is 7.62. The fourth-order valence-corrected chi connectivity index (χ4v) is 3.27. The number of hydrogen-bond acceptors (Lipinski definition) is 3. The van der Waals surface area contributed by atoms with Crippen molar-refractivity contribution in [2.75, 3.05) is 37.4 Å². The number of amides is 1. The number of hydrogen-bond donors (Lipinski definition) is 0. The van der Waals surface area contributed by atoms with E-state index in [1.54, 1.807) is 24.1 Å². The van der Waals surface area contributed by atoms with Gasteiger partial charge in [0.05, 0.1) is 17.8 Å². The zero-order valence-corrected chi connectivity index (χ0v) is 13.2. The first-order chi connectivity index (χ1) is 9.16. The maximum Gasteiger partial charge on any atom is 0.303 e. The minimum absolute atomic E-state index is 0.0263. The van der Waals surface area contributed by atoms with Gasteiger partial charge in [0, 0.05) is 28.2 Å². The molecule has 0 aliphatic carbocycles. The number of carbonyl (C=O) groups excluding carboxylic acids is 1. The Morgan fingerprint density at radius 2 is 1.80 bits per heavy atom. The predicted molar refractivity (Wildman–Crippen MR) is 79.3 cm³/mol. The first-order valence-electron chi connectivity index (χ1n) is 6.22. The third-order valence-corrected chi connectivity index (χ3v) is 5.41. The van der Waals surface area contributed by atoms with Gasteiger partial charge in [0.1, 0.15) is 0 Å². The average Bonchev–Trinajstić information content (AvgIpc) is 2.64. The van der Waals surface area contributed by atoms with Crippen LogP contribution in [0.1, 0.15) is 11.1 Å². The van der Waals surface area contributed by atoms with E-state index in [1.165, 1.54) is 25.4 Å². The van der Waals surface area contributed by atoms with Gasteiger partial charge >= 0.3 is 10.2 Å². The number of carbonyl (C=O) groups is 1. The molecule has 1 amide bonds. The van der Waals surface area contributed by atoms with Crippen molar-refractivity contribution in [1.29, 1.82) is 0 Å². The van der Waals surface area contributed by atoms with E-state index in [9.17, 15) is 13.2 Å². The maximum atomic E-state index is 12.1. The highest BCUT2D eigenvalue weighted by Gasteiger charge is 2.28. The number of anilines is 2. The topological polar surface area (TPSA) is 60.9 Å². The smallest absolute Gasteiger partial charge is 0.303 e. The summed E-state index contributed by atoms with van der Waals surface area (Å²) < 4.78 is 26.7. The Labute approximate surface area is 119 Å². The van der Waals surface area contributed by atoms with Crippen LogP contribution in [0.4, 0.5) is 11.4 Å². The van der Waals surface area contributed by atoms with Crippen molar-refractivity contribution in [3.63, 3.8) is 0 Å². The molecule has 0 spiro atoms. The number of likely N-dealkylation sites (N-methyl/N-ethyl adjacent to an activating group) is 1. The van der Waals surface area contributed by atoms with Crippen molar-refractivity contribution in [3.8, 4) is 0 Å². The summed E-state index contributed by atoms with van der Waals surface area (Å²) in [4.78, 5) is 13.4. The summed E-state index contributed by atoms with van der Waals surface area (Å²) in [6, 6.07) is 3.56. The molecule has 1 aromatic rings. The van der Waals surface area contributed by atoms with Crippen LogP contribution in [0.2, 0.25) is 0 Å². The molecule has 1 aliphatic heterocycles. The molecule has 0 atom stereocenters. The van der Waals surface area contributed by atoms with Crippen LogP contribution < -0.4 is 9.21 Å². The molecular weight excluding hydrogens is 278 g/mol. The molecule has 7 heteroatoms. The zero-order chi connectivity index (χ0) is 15.2. The molecule has 0 radical (unpaired) electrons. The normalized spacial score (nSPS) is 14.9.